The molecular weight excluding hydrogens is 196 g/mol. The van der Waals surface area contributed by atoms with Crippen LogP contribution >= 0.6 is 0 Å². The molecular formula is C11H14O4. The van der Waals surface area contributed by atoms with Gasteiger partial charge >= 0.3 is 0 Å². The summed E-state index contributed by atoms with van der Waals surface area (Å²) in [6, 6.07) is 6.63. The molecule has 0 aliphatic rings. The molecule has 0 saturated heterocycles. The van der Waals surface area contributed by atoms with Crippen molar-refractivity contribution in [3.63, 3.8) is 0 Å². The molecule has 1 unspecified atom stereocenters. The van der Waals surface area contributed by atoms with Crippen molar-refractivity contribution in [3.05, 3.63) is 29.8 Å². The van der Waals surface area contributed by atoms with Gasteiger partial charge in [0.15, 0.2) is 5.78 Å². The van der Waals surface area contributed by atoms with Gasteiger partial charge in [-0.2, -0.15) is 0 Å². The summed E-state index contributed by atoms with van der Waals surface area (Å²) in [5, 5.41) is 17.8. The fraction of sp³-hybridized carbons (Fsp3) is 0.364. The number of aliphatic hydroxyl groups is 2. The zero-order chi connectivity index (χ0) is 11.3. The predicted octanol–water partition coefficient (Wildman–Crippen LogP) is 0.621. The molecule has 15 heavy (non-hydrogen) atoms. The van der Waals surface area contributed by atoms with Crippen LogP contribution in [0.4, 0.5) is 0 Å². The molecule has 0 spiro atoms. The number of para-hydroxylation sites is 1. The Kier molecular flexibility index (Phi) is 4.27. The van der Waals surface area contributed by atoms with Gasteiger partial charge in [-0.05, 0) is 19.1 Å². The summed E-state index contributed by atoms with van der Waals surface area (Å²) in [4.78, 5) is 11.3. The van der Waals surface area contributed by atoms with Crippen molar-refractivity contribution in [1.82, 2.24) is 0 Å². The number of ketones is 1. The number of ether oxygens (including phenoxy) is 1. The molecule has 0 heterocycles. The molecule has 0 saturated carbocycles. The minimum atomic E-state index is -0.595. The molecule has 4 nitrogen and oxygen atoms in total. The Morgan fingerprint density at radius 1 is 1.47 bits per heavy atom. The Morgan fingerprint density at radius 3 is 2.73 bits per heavy atom. The first-order chi connectivity index (χ1) is 7.15. The average Bonchev–Trinajstić information content (AvgIpc) is 2.25. The second-order valence-electron chi connectivity index (χ2n) is 3.24. The third kappa shape index (κ3) is 3.34. The van der Waals surface area contributed by atoms with Crippen LogP contribution in [0.3, 0.4) is 0 Å². The van der Waals surface area contributed by atoms with Crippen LogP contribution in [0.25, 0.3) is 0 Å². The summed E-state index contributed by atoms with van der Waals surface area (Å²) in [6.45, 7) is 1.17. The van der Waals surface area contributed by atoms with Crippen LogP contribution < -0.4 is 4.74 Å². The van der Waals surface area contributed by atoms with Gasteiger partial charge in [0, 0.05) is 0 Å². The van der Waals surface area contributed by atoms with E-state index in [1.54, 1.807) is 31.2 Å². The summed E-state index contributed by atoms with van der Waals surface area (Å²) >= 11 is 0. The molecule has 1 aromatic carbocycles. The van der Waals surface area contributed by atoms with Crippen molar-refractivity contribution in [2.45, 2.75) is 13.0 Å². The fourth-order valence-electron chi connectivity index (χ4n) is 1.12. The maximum Gasteiger partial charge on any atom is 0.191 e. The molecule has 0 aromatic heterocycles. The first kappa shape index (κ1) is 11.7. The van der Waals surface area contributed by atoms with Crippen molar-refractivity contribution in [1.29, 1.82) is 0 Å². The lowest BCUT2D eigenvalue weighted by Gasteiger charge is -2.11. The maximum absolute atomic E-state index is 11.3. The van der Waals surface area contributed by atoms with Crippen molar-refractivity contribution in [2.24, 2.45) is 0 Å². The third-order valence-corrected chi connectivity index (χ3v) is 1.81. The second kappa shape index (κ2) is 5.48. The van der Waals surface area contributed by atoms with Crippen LogP contribution in [0.1, 0.15) is 17.3 Å². The molecule has 4 heteroatoms. The molecule has 0 radical (unpaired) electrons. The monoisotopic (exact) mass is 210 g/mol. The van der Waals surface area contributed by atoms with Crippen LogP contribution in [-0.4, -0.2) is 35.3 Å². The highest BCUT2D eigenvalue weighted by Gasteiger charge is 2.11. The van der Waals surface area contributed by atoms with E-state index in [4.69, 9.17) is 14.9 Å². The average molecular weight is 210 g/mol. The summed E-state index contributed by atoms with van der Waals surface area (Å²) in [6.07, 6.45) is -0.595. The van der Waals surface area contributed by atoms with E-state index < -0.39 is 18.5 Å². The Hall–Kier alpha value is -1.39. The number of Topliss-reactive ketones (excluding diaryl/α,β-unsaturated/α-hetero) is 1. The molecule has 0 amide bonds. The van der Waals surface area contributed by atoms with E-state index in [2.05, 4.69) is 0 Å². The minimum absolute atomic E-state index is 0.121. The van der Waals surface area contributed by atoms with Gasteiger partial charge in [0.05, 0.1) is 11.7 Å². The highest BCUT2D eigenvalue weighted by atomic mass is 16.5. The van der Waals surface area contributed by atoms with E-state index in [0.29, 0.717) is 11.3 Å². The Labute approximate surface area is 88.1 Å². The number of carbonyl (C=O) groups excluding carboxylic acids is 1. The van der Waals surface area contributed by atoms with Gasteiger partial charge in [0.2, 0.25) is 0 Å². The van der Waals surface area contributed by atoms with Crippen LogP contribution in [0.2, 0.25) is 0 Å². The van der Waals surface area contributed by atoms with Crippen molar-refractivity contribution in [2.75, 3.05) is 13.2 Å². The summed E-state index contributed by atoms with van der Waals surface area (Å²) in [7, 11) is 0. The third-order valence-electron chi connectivity index (χ3n) is 1.81. The van der Waals surface area contributed by atoms with Crippen molar-refractivity contribution >= 4 is 5.78 Å². The SMILES string of the molecule is CC(O)COc1ccccc1C(=O)CO. The normalized spacial score (nSPS) is 12.2. The predicted molar refractivity (Wildman–Crippen MR) is 55.0 cm³/mol. The zero-order valence-electron chi connectivity index (χ0n) is 8.51. The highest BCUT2D eigenvalue weighted by molar-refractivity contribution is 5.99. The maximum atomic E-state index is 11.3. The molecule has 0 bridgehead atoms. The molecule has 82 valence electrons. The molecule has 0 aliphatic carbocycles. The number of rotatable bonds is 5. The topological polar surface area (TPSA) is 66.8 Å². The molecule has 1 atom stereocenters. The van der Waals surface area contributed by atoms with E-state index in [1.165, 1.54) is 0 Å². The van der Waals surface area contributed by atoms with Crippen molar-refractivity contribution in [3.8, 4) is 5.75 Å². The molecule has 1 rings (SSSR count). The number of aliphatic hydroxyl groups excluding tert-OH is 2. The lowest BCUT2D eigenvalue weighted by Crippen LogP contribution is -2.15. The molecule has 0 fully saturated rings. The summed E-state index contributed by atoms with van der Waals surface area (Å²) < 4.78 is 5.24. The van der Waals surface area contributed by atoms with Gasteiger partial charge in [-0.15, -0.1) is 0 Å². The second-order valence-corrected chi connectivity index (χ2v) is 3.24. The standard InChI is InChI=1S/C11H14O4/c1-8(13)7-15-11-5-3-2-4-9(11)10(14)6-12/h2-5,8,12-13H,6-7H2,1H3. The van der Waals surface area contributed by atoms with Crippen LogP contribution in [0.15, 0.2) is 24.3 Å². The van der Waals surface area contributed by atoms with E-state index >= 15 is 0 Å². The van der Waals surface area contributed by atoms with E-state index in [1.807, 2.05) is 0 Å². The smallest absolute Gasteiger partial charge is 0.191 e. The Morgan fingerprint density at radius 2 is 2.13 bits per heavy atom. The summed E-state index contributed by atoms with van der Waals surface area (Å²) in [5.74, 6) is -0.00589. The molecule has 0 aliphatic heterocycles. The number of benzene rings is 1. The molecule has 2 N–H and O–H groups in total. The Bertz CT molecular complexity index is 333. The summed E-state index contributed by atoms with van der Waals surface area (Å²) in [5.41, 5.74) is 0.334. The van der Waals surface area contributed by atoms with Crippen LogP contribution in [-0.2, 0) is 0 Å². The van der Waals surface area contributed by atoms with Crippen LogP contribution in [0.5, 0.6) is 5.75 Å². The quantitative estimate of drug-likeness (QED) is 0.699. The lowest BCUT2D eigenvalue weighted by atomic mass is 10.1. The van der Waals surface area contributed by atoms with Gasteiger partial charge in [-0.3, -0.25) is 4.79 Å². The first-order valence-electron chi connectivity index (χ1n) is 4.69. The van der Waals surface area contributed by atoms with E-state index in [9.17, 15) is 4.79 Å². The highest BCUT2D eigenvalue weighted by Crippen LogP contribution is 2.18. The fourth-order valence-corrected chi connectivity index (χ4v) is 1.12. The van der Waals surface area contributed by atoms with E-state index in [0.717, 1.165) is 0 Å². The number of hydrogen-bond donors (Lipinski definition) is 2. The minimum Gasteiger partial charge on any atom is -0.490 e. The first-order valence-corrected chi connectivity index (χ1v) is 4.69. The van der Waals surface area contributed by atoms with Crippen molar-refractivity contribution < 1.29 is 19.7 Å². The van der Waals surface area contributed by atoms with Gasteiger partial charge in [0.25, 0.3) is 0 Å². The zero-order valence-corrected chi connectivity index (χ0v) is 8.51. The number of hydrogen-bond acceptors (Lipinski definition) is 4. The molecule has 1 aromatic rings. The largest absolute Gasteiger partial charge is 0.490 e. The lowest BCUT2D eigenvalue weighted by molar-refractivity contribution is 0.0890. The van der Waals surface area contributed by atoms with Gasteiger partial charge in [-0.25, -0.2) is 0 Å². The van der Waals surface area contributed by atoms with Gasteiger partial charge < -0.3 is 14.9 Å². The Balaban J connectivity index is 2.81. The van der Waals surface area contributed by atoms with Gasteiger partial charge in [0.1, 0.15) is 19.0 Å². The number of carbonyl (C=O) groups is 1. The van der Waals surface area contributed by atoms with Crippen LogP contribution in [0, 0.1) is 0 Å². The van der Waals surface area contributed by atoms with E-state index in [-0.39, 0.29) is 6.61 Å². The van der Waals surface area contributed by atoms with Gasteiger partial charge in [-0.1, -0.05) is 12.1 Å².